The summed E-state index contributed by atoms with van der Waals surface area (Å²) in [5.74, 6) is 2.12. The standard InChI is InChI=1S/C35H56O4S/c1-10-23(2)19-34-30(9)32(22-40(36,37)31-14-12-11-13-15-31)35(39-34)21-26(5)29(8)25(4)18-24(3)16-17-33-27(6)20-28(7)38-33/h11-15,23-26,28,30,32-35H,6,8,10,16-22H2,1-5,7,9H3/t23-,24-,25-,26-,28+,30-,32-,33?,34-,35+/m1/s1. The molecule has 1 aromatic rings. The quantitative estimate of drug-likeness (QED) is 0.197. The van der Waals surface area contributed by atoms with E-state index in [-0.39, 0.29) is 41.8 Å². The van der Waals surface area contributed by atoms with Crippen LogP contribution in [0.25, 0.3) is 0 Å². The number of benzene rings is 1. The minimum absolute atomic E-state index is 0.0226. The highest BCUT2D eigenvalue weighted by Gasteiger charge is 2.44. The molecule has 0 saturated carbocycles. The molecule has 2 saturated heterocycles. The molecule has 0 aromatic heterocycles. The fourth-order valence-electron chi connectivity index (χ4n) is 6.86. The molecule has 0 amide bonds. The van der Waals surface area contributed by atoms with E-state index in [4.69, 9.17) is 9.47 Å². The van der Waals surface area contributed by atoms with Gasteiger partial charge in [-0.05, 0) is 92.7 Å². The van der Waals surface area contributed by atoms with Crippen molar-refractivity contribution in [2.45, 2.75) is 123 Å². The predicted octanol–water partition coefficient (Wildman–Crippen LogP) is 8.67. The molecule has 2 aliphatic rings. The Balaban J connectivity index is 1.63. The van der Waals surface area contributed by atoms with Gasteiger partial charge in [0.15, 0.2) is 9.84 Å². The highest BCUT2D eigenvalue weighted by molar-refractivity contribution is 7.91. The van der Waals surface area contributed by atoms with Crippen molar-refractivity contribution in [1.29, 1.82) is 0 Å². The molecule has 0 radical (unpaired) electrons. The summed E-state index contributed by atoms with van der Waals surface area (Å²) in [6, 6.07) is 8.89. The van der Waals surface area contributed by atoms with Crippen LogP contribution in [0.15, 0.2) is 59.5 Å². The fourth-order valence-corrected chi connectivity index (χ4v) is 8.64. The molecular formula is C35H56O4S. The molecule has 0 spiro atoms. The second-order valence-electron chi connectivity index (χ2n) is 13.4. The Hall–Kier alpha value is -1.43. The van der Waals surface area contributed by atoms with Gasteiger partial charge in [0, 0.05) is 5.92 Å². The van der Waals surface area contributed by atoms with Crippen molar-refractivity contribution in [1.82, 2.24) is 0 Å². The van der Waals surface area contributed by atoms with Gasteiger partial charge < -0.3 is 9.47 Å². The zero-order chi connectivity index (χ0) is 29.6. The Morgan fingerprint density at radius 3 is 2.25 bits per heavy atom. The Kier molecular flexibility index (Phi) is 12.1. The van der Waals surface area contributed by atoms with Crippen LogP contribution in [0, 0.1) is 35.5 Å². The number of hydrogen-bond donors (Lipinski definition) is 0. The molecule has 5 heteroatoms. The van der Waals surface area contributed by atoms with Crippen LogP contribution >= 0.6 is 0 Å². The van der Waals surface area contributed by atoms with Crippen molar-refractivity contribution in [3.8, 4) is 0 Å². The van der Waals surface area contributed by atoms with E-state index in [0.29, 0.717) is 28.8 Å². The Bertz CT molecular complexity index is 1060. The van der Waals surface area contributed by atoms with Gasteiger partial charge in [0.2, 0.25) is 0 Å². The van der Waals surface area contributed by atoms with E-state index in [0.717, 1.165) is 44.9 Å². The van der Waals surface area contributed by atoms with Gasteiger partial charge in [-0.1, -0.05) is 84.9 Å². The lowest BCUT2D eigenvalue weighted by Crippen LogP contribution is -2.30. The molecular weight excluding hydrogens is 516 g/mol. The molecule has 0 bridgehead atoms. The first kappa shape index (κ1) is 33.1. The molecule has 0 N–H and O–H groups in total. The van der Waals surface area contributed by atoms with Crippen molar-refractivity contribution < 1.29 is 17.9 Å². The third kappa shape index (κ3) is 8.79. The van der Waals surface area contributed by atoms with Crippen LogP contribution in [0.2, 0.25) is 0 Å². The number of allylic oxidation sites excluding steroid dienone is 1. The summed E-state index contributed by atoms with van der Waals surface area (Å²) in [6.07, 6.45) is 7.69. The second-order valence-corrected chi connectivity index (χ2v) is 15.4. The minimum atomic E-state index is -3.40. The highest BCUT2D eigenvalue weighted by Crippen LogP contribution is 2.42. The number of rotatable bonds is 15. The van der Waals surface area contributed by atoms with Crippen LogP contribution in [-0.4, -0.2) is 38.6 Å². The summed E-state index contributed by atoms with van der Waals surface area (Å²) >= 11 is 0. The van der Waals surface area contributed by atoms with E-state index in [1.54, 1.807) is 24.3 Å². The first-order chi connectivity index (χ1) is 18.8. The van der Waals surface area contributed by atoms with Crippen molar-refractivity contribution in [3.05, 3.63) is 54.6 Å². The molecule has 1 aromatic carbocycles. The maximum Gasteiger partial charge on any atom is 0.178 e. The SMILES string of the molecule is C=C1C[C@H](C)OC1CC[C@@H](C)C[C@@H](C)C(=C)[C@H](C)C[C@@H]1O[C@H](C[C@H](C)CC)[C@H](C)[C@H]1CS(=O)(=O)c1ccccc1. The van der Waals surface area contributed by atoms with Crippen molar-refractivity contribution in [2.24, 2.45) is 35.5 Å². The van der Waals surface area contributed by atoms with Crippen LogP contribution in [0.1, 0.15) is 93.4 Å². The molecule has 1 unspecified atom stereocenters. The summed E-state index contributed by atoms with van der Waals surface area (Å²) in [4.78, 5) is 0.410. The van der Waals surface area contributed by atoms with Crippen molar-refractivity contribution in [3.63, 3.8) is 0 Å². The van der Waals surface area contributed by atoms with Crippen molar-refractivity contribution >= 4 is 9.84 Å². The number of sulfone groups is 1. The van der Waals surface area contributed by atoms with Gasteiger partial charge in [-0.2, -0.15) is 0 Å². The van der Waals surface area contributed by atoms with Gasteiger partial charge in [-0.3, -0.25) is 0 Å². The largest absolute Gasteiger partial charge is 0.374 e. The molecule has 3 rings (SSSR count). The fraction of sp³-hybridized carbons (Fsp3) is 0.714. The van der Waals surface area contributed by atoms with Gasteiger partial charge >= 0.3 is 0 Å². The summed E-state index contributed by atoms with van der Waals surface area (Å²) in [6.45, 7) is 24.4. The van der Waals surface area contributed by atoms with Gasteiger partial charge in [0.25, 0.3) is 0 Å². The smallest absolute Gasteiger partial charge is 0.178 e. The van der Waals surface area contributed by atoms with Crippen LogP contribution in [0.4, 0.5) is 0 Å². The topological polar surface area (TPSA) is 52.6 Å². The summed E-state index contributed by atoms with van der Waals surface area (Å²) < 4.78 is 39.6. The Labute approximate surface area is 245 Å². The highest BCUT2D eigenvalue weighted by atomic mass is 32.2. The molecule has 10 atom stereocenters. The van der Waals surface area contributed by atoms with Gasteiger partial charge in [0.05, 0.1) is 35.1 Å². The van der Waals surface area contributed by atoms with Crippen LogP contribution in [-0.2, 0) is 19.3 Å². The zero-order valence-electron chi connectivity index (χ0n) is 26.3. The number of hydrogen-bond acceptors (Lipinski definition) is 4. The molecule has 4 nitrogen and oxygen atoms in total. The van der Waals surface area contributed by atoms with Crippen LogP contribution < -0.4 is 0 Å². The maximum absolute atomic E-state index is 13.4. The third-order valence-electron chi connectivity index (χ3n) is 9.87. The Morgan fingerprint density at radius 1 is 0.975 bits per heavy atom. The summed E-state index contributed by atoms with van der Waals surface area (Å²) in [5, 5.41) is 0. The van der Waals surface area contributed by atoms with E-state index < -0.39 is 9.84 Å². The Morgan fingerprint density at radius 2 is 1.65 bits per heavy atom. The predicted molar refractivity (Wildman–Crippen MR) is 167 cm³/mol. The van der Waals surface area contributed by atoms with E-state index in [2.05, 4.69) is 61.6 Å². The normalized spacial score (nSPS) is 30.2. The van der Waals surface area contributed by atoms with E-state index >= 15 is 0 Å². The molecule has 0 aliphatic carbocycles. The first-order valence-electron chi connectivity index (χ1n) is 15.8. The third-order valence-corrected chi connectivity index (χ3v) is 11.7. The lowest BCUT2D eigenvalue weighted by atomic mass is 9.79. The lowest BCUT2D eigenvalue weighted by molar-refractivity contribution is 0.00922. The molecule has 2 heterocycles. The van der Waals surface area contributed by atoms with Crippen molar-refractivity contribution in [2.75, 3.05) is 5.75 Å². The van der Waals surface area contributed by atoms with E-state index in [9.17, 15) is 8.42 Å². The molecule has 2 fully saturated rings. The second kappa shape index (κ2) is 14.6. The lowest BCUT2D eigenvalue weighted by Gasteiger charge is -2.28. The molecule has 2 aliphatic heterocycles. The number of ether oxygens (including phenoxy) is 2. The van der Waals surface area contributed by atoms with Crippen LogP contribution in [0.5, 0.6) is 0 Å². The summed E-state index contributed by atoms with van der Waals surface area (Å²) in [7, 11) is -3.40. The monoisotopic (exact) mass is 572 g/mol. The molecule has 226 valence electrons. The van der Waals surface area contributed by atoms with Crippen LogP contribution in [0.3, 0.4) is 0 Å². The maximum atomic E-state index is 13.4. The average molecular weight is 573 g/mol. The van der Waals surface area contributed by atoms with E-state index in [1.807, 2.05) is 6.07 Å². The minimum Gasteiger partial charge on any atom is -0.374 e. The van der Waals surface area contributed by atoms with Gasteiger partial charge in [0.1, 0.15) is 0 Å². The summed E-state index contributed by atoms with van der Waals surface area (Å²) in [5.41, 5.74) is 2.50. The zero-order valence-corrected chi connectivity index (χ0v) is 27.1. The van der Waals surface area contributed by atoms with E-state index in [1.165, 1.54) is 11.1 Å². The van der Waals surface area contributed by atoms with Gasteiger partial charge in [-0.15, -0.1) is 0 Å². The molecule has 40 heavy (non-hydrogen) atoms. The first-order valence-corrected chi connectivity index (χ1v) is 17.4. The van der Waals surface area contributed by atoms with Gasteiger partial charge in [-0.25, -0.2) is 8.42 Å². The average Bonchev–Trinajstić information content (AvgIpc) is 3.38.